The molecule has 0 atom stereocenters. The van der Waals surface area contributed by atoms with Crippen LogP contribution in [0.2, 0.25) is 0 Å². The van der Waals surface area contributed by atoms with Crippen molar-refractivity contribution in [3.63, 3.8) is 0 Å². The second-order valence-electron chi connectivity index (χ2n) is 14.1. The van der Waals surface area contributed by atoms with Crippen molar-refractivity contribution >= 4 is 108 Å². The molecule has 0 radical (unpaired) electrons. The van der Waals surface area contributed by atoms with Crippen molar-refractivity contribution in [1.82, 2.24) is 0 Å². The average molecular weight is 1090 g/mol. The summed E-state index contributed by atoms with van der Waals surface area (Å²) in [6.45, 7) is 1.35. The van der Waals surface area contributed by atoms with Crippen LogP contribution >= 0.6 is 0 Å². The first-order valence-electron chi connectivity index (χ1n) is 19.0. The summed E-state index contributed by atoms with van der Waals surface area (Å²) >= 11 is 0. The van der Waals surface area contributed by atoms with Crippen molar-refractivity contribution in [1.29, 1.82) is 0 Å². The standard InChI is InChI=1S/C42H32N6O16S4.4Na/c1-2-64-34-22-32(46-45-31-16-13-26(19-35(31)67(58,59)60)43-41(50)23-9-5-3-6-10-23)30-20-27(65(52,53)54)14-15-29(30)38(34)47-48-39-36(68(61,62)63)18-25-17-28(66(55,56)57)21-33(37(25)40(39)49)44-42(51)24-11-7-4-8-12-24;;;;/h3-22,49H,2H2,1H3,(H,43,50)(H,44,51)(H,52,53,54)(H,55,56,57)(H,58,59,60)(H,61,62,63);;;;/q;4*+1/p-4. The second kappa shape index (κ2) is 25.3. The molecule has 0 saturated carbocycles. The number of ether oxygens (including phenoxy) is 1. The molecule has 0 spiro atoms. The van der Waals surface area contributed by atoms with E-state index in [1.54, 1.807) is 24.3 Å². The molecule has 7 aromatic carbocycles. The van der Waals surface area contributed by atoms with Gasteiger partial charge < -0.3 is 38.7 Å². The molecule has 72 heavy (non-hydrogen) atoms. The van der Waals surface area contributed by atoms with E-state index >= 15 is 0 Å². The van der Waals surface area contributed by atoms with E-state index in [4.69, 9.17) is 4.74 Å². The Labute approximate surface area is 499 Å². The van der Waals surface area contributed by atoms with Crippen molar-refractivity contribution in [2.24, 2.45) is 20.5 Å². The molecular formula is C42H28N6Na4O16S4. The number of phenolic OH excluding ortho intramolecular Hbond substituents is 1. The third-order valence-electron chi connectivity index (χ3n) is 9.62. The van der Waals surface area contributed by atoms with E-state index in [9.17, 15) is 66.6 Å². The topological polar surface area (TPSA) is 366 Å². The minimum atomic E-state index is -5.66. The molecule has 0 saturated heterocycles. The van der Waals surface area contributed by atoms with Crippen molar-refractivity contribution in [3.8, 4) is 11.5 Å². The summed E-state index contributed by atoms with van der Waals surface area (Å²) in [5.41, 5.74) is -2.80. The first-order valence-corrected chi connectivity index (χ1v) is 24.7. The fourth-order valence-electron chi connectivity index (χ4n) is 6.60. The zero-order chi connectivity index (χ0) is 49.3. The van der Waals surface area contributed by atoms with E-state index in [-0.39, 0.29) is 164 Å². The molecular weight excluding hydrogens is 1060 g/mol. The molecule has 0 aliphatic rings. The van der Waals surface area contributed by atoms with Crippen LogP contribution in [0.5, 0.6) is 11.5 Å². The quantitative estimate of drug-likeness (QED) is 0.0522. The van der Waals surface area contributed by atoms with Gasteiger partial charge in [0, 0.05) is 39.0 Å². The van der Waals surface area contributed by atoms with E-state index in [2.05, 4.69) is 31.1 Å². The molecule has 22 nitrogen and oxygen atoms in total. The summed E-state index contributed by atoms with van der Waals surface area (Å²) in [4.78, 5) is 21.9. The Morgan fingerprint density at radius 1 is 0.542 bits per heavy atom. The number of benzene rings is 7. The summed E-state index contributed by atoms with van der Waals surface area (Å²) in [6.07, 6.45) is 0. The van der Waals surface area contributed by atoms with Crippen molar-refractivity contribution in [3.05, 3.63) is 132 Å². The van der Waals surface area contributed by atoms with Crippen molar-refractivity contribution in [2.45, 2.75) is 26.5 Å². The largest absolute Gasteiger partial charge is 1.00 e. The smallest absolute Gasteiger partial charge is 0.744 e. The molecule has 2 amide bonds. The van der Waals surface area contributed by atoms with Gasteiger partial charge in [-0.05, 0) is 85.1 Å². The number of aromatic hydroxyl groups is 1. The first-order chi connectivity index (χ1) is 31.9. The van der Waals surface area contributed by atoms with Gasteiger partial charge in [-0.1, -0.05) is 42.5 Å². The average Bonchev–Trinajstić information content (AvgIpc) is 3.27. The monoisotopic (exact) mass is 1090 g/mol. The van der Waals surface area contributed by atoms with Crippen molar-refractivity contribution < 1.29 is 190 Å². The Bertz CT molecular complexity index is 3770. The molecule has 350 valence electrons. The van der Waals surface area contributed by atoms with Crippen LogP contribution in [0.1, 0.15) is 27.6 Å². The van der Waals surface area contributed by atoms with E-state index < -0.39 is 111 Å². The van der Waals surface area contributed by atoms with E-state index in [0.29, 0.717) is 18.2 Å². The van der Waals surface area contributed by atoms with Gasteiger partial charge in [-0.2, -0.15) is 0 Å². The molecule has 0 unspecified atom stereocenters. The van der Waals surface area contributed by atoms with Gasteiger partial charge >= 0.3 is 118 Å². The molecule has 7 rings (SSSR count). The molecule has 0 bridgehead atoms. The van der Waals surface area contributed by atoms with Crippen LogP contribution < -0.4 is 134 Å². The van der Waals surface area contributed by atoms with E-state index in [1.165, 1.54) is 49.4 Å². The zero-order valence-electron chi connectivity index (χ0n) is 38.2. The van der Waals surface area contributed by atoms with Crippen LogP contribution in [-0.4, -0.2) is 75.4 Å². The number of carbonyl (C=O) groups is 2. The molecule has 0 heterocycles. The molecule has 0 aliphatic carbocycles. The summed E-state index contributed by atoms with van der Waals surface area (Å²) < 4.78 is 154. The summed E-state index contributed by atoms with van der Waals surface area (Å²) in [6, 6.07) is 23.9. The van der Waals surface area contributed by atoms with Gasteiger partial charge in [0.1, 0.15) is 63.3 Å². The van der Waals surface area contributed by atoms with Gasteiger partial charge in [0.15, 0.2) is 5.75 Å². The van der Waals surface area contributed by atoms with Gasteiger partial charge in [-0.3, -0.25) is 9.59 Å². The maximum Gasteiger partial charge on any atom is 1.00 e. The number of nitrogens with one attached hydrogen (secondary N) is 2. The molecule has 0 aliphatic heterocycles. The van der Waals surface area contributed by atoms with E-state index in [1.807, 2.05) is 0 Å². The van der Waals surface area contributed by atoms with Gasteiger partial charge in [0.25, 0.3) is 11.8 Å². The SMILES string of the molecule is CCOc1cc(N=Nc2ccc(NC(=O)c3ccccc3)cc2S(=O)(=O)[O-])c2cc(S(=O)(=O)[O-])ccc2c1N=Nc1c(S(=O)(=O)[O-])cc2cc(S(=O)(=O)[O-])cc(NC(=O)c3ccccc3)c2c1O.[Na+].[Na+].[Na+].[Na+]. The molecule has 3 N–H and O–H groups in total. The minimum Gasteiger partial charge on any atom is -0.744 e. The van der Waals surface area contributed by atoms with Gasteiger partial charge in [0.05, 0.1) is 37.6 Å². The summed E-state index contributed by atoms with van der Waals surface area (Å²) in [5, 5.41) is 30.9. The van der Waals surface area contributed by atoms with Crippen LogP contribution in [0, 0.1) is 0 Å². The van der Waals surface area contributed by atoms with Gasteiger partial charge in [-0.15, -0.1) is 20.5 Å². The molecule has 7 aromatic rings. The number of carbonyl (C=O) groups excluding carboxylic acids is 2. The maximum atomic E-state index is 13.2. The van der Waals surface area contributed by atoms with Crippen LogP contribution in [0.4, 0.5) is 34.1 Å². The van der Waals surface area contributed by atoms with E-state index in [0.717, 1.165) is 36.4 Å². The number of rotatable bonds is 14. The normalized spacial score (nSPS) is 11.8. The Balaban J connectivity index is 0.00000342. The molecule has 0 aromatic heterocycles. The number of amides is 2. The van der Waals surface area contributed by atoms with Crippen LogP contribution in [0.3, 0.4) is 0 Å². The summed E-state index contributed by atoms with van der Waals surface area (Å²) in [5.74, 6) is -2.98. The third-order valence-corrected chi connectivity index (χ3v) is 13.0. The number of hydrogen-bond acceptors (Lipinski definition) is 20. The van der Waals surface area contributed by atoms with Crippen LogP contribution in [0.15, 0.2) is 161 Å². The number of hydrogen-bond donors (Lipinski definition) is 3. The number of anilines is 2. The van der Waals surface area contributed by atoms with Crippen LogP contribution in [0.25, 0.3) is 21.5 Å². The summed E-state index contributed by atoms with van der Waals surface area (Å²) in [7, 11) is -21.5. The fourth-order valence-corrected chi connectivity index (χ4v) is 8.91. The minimum absolute atomic E-state index is 0. The van der Waals surface area contributed by atoms with Crippen LogP contribution in [-0.2, 0) is 40.5 Å². The predicted octanol–water partition coefficient (Wildman–Crippen LogP) is -4.93. The predicted molar refractivity (Wildman–Crippen MR) is 236 cm³/mol. The fraction of sp³-hybridized carbons (Fsp3) is 0.0476. The van der Waals surface area contributed by atoms with Gasteiger partial charge in [-0.25, -0.2) is 33.7 Å². The number of nitrogens with zero attached hydrogens (tertiary/aromatic N) is 4. The third kappa shape index (κ3) is 14.6. The second-order valence-corrected chi connectivity index (χ2v) is 19.5. The Kier molecular flexibility index (Phi) is 22.1. The van der Waals surface area contributed by atoms with Gasteiger partial charge in [0.2, 0.25) is 0 Å². The first kappa shape index (κ1) is 62.7. The Hall–Kier alpha value is -3.56. The van der Waals surface area contributed by atoms with Crippen molar-refractivity contribution in [2.75, 3.05) is 17.2 Å². The zero-order valence-corrected chi connectivity index (χ0v) is 49.5. The Morgan fingerprint density at radius 3 is 1.62 bits per heavy atom. The Morgan fingerprint density at radius 2 is 1.08 bits per heavy atom. The molecule has 0 fully saturated rings. The number of fused-ring (bicyclic) bond motifs is 2. The number of azo groups is 2. The number of phenols is 1. The molecule has 30 heteroatoms. The maximum absolute atomic E-state index is 13.2.